The van der Waals surface area contributed by atoms with E-state index in [4.69, 9.17) is 14.4 Å². The molecule has 0 aliphatic carbocycles. The van der Waals surface area contributed by atoms with Gasteiger partial charge in [-0.1, -0.05) is 50.2 Å². The number of benzene rings is 2. The summed E-state index contributed by atoms with van der Waals surface area (Å²) in [6, 6.07) is 15.6. The van der Waals surface area contributed by atoms with Gasteiger partial charge in [0.2, 0.25) is 5.82 Å². The lowest BCUT2D eigenvalue weighted by atomic mass is 9.99. The number of ether oxygens (including phenoxy) is 1. The van der Waals surface area contributed by atoms with Crippen molar-refractivity contribution >= 4 is 5.97 Å². The highest BCUT2D eigenvalue weighted by molar-refractivity contribution is 5.71. The molecular formula is C25H31N3O4. The third kappa shape index (κ3) is 5.73. The molecule has 2 aromatic carbocycles. The highest BCUT2D eigenvalue weighted by Gasteiger charge is 2.32. The molecule has 0 radical (unpaired) electrons. The van der Waals surface area contributed by atoms with Crippen molar-refractivity contribution in [3.63, 3.8) is 0 Å². The molecule has 0 amide bonds. The first-order valence-corrected chi connectivity index (χ1v) is 11.2. The molecule has 0 bridgehead atoms. The monoisotopic (exact) mass is 437 g/mol. The molecule has 7 heteroatoms. The van der Waals surface area contributed by atoms with Crippen molar-refractivity contribution in [2.45, 2.75) is 46.8 Å². The van der Waals surface area contributed by atoms with Crippen LogP contribution in [0.1, 0.15) is 39.7 Å². The van der Waals surface area contributed by atoms with Crippen LogP contribution < -0.4 is 4.74 Å². The van der Waals surface area contributed by atoms with Crippen molar-refractivity contribution in [2.75, 3.05) is 13.1 Å². The average Bonchev–Trinajstić information content (AvgIpc) is 3.28. The summed E-state index contributed by atoms with van der Waals surface area (Å²) in [5.41, 5.74) is 2.84. The molecular weight excluding hydrogens is 406 g/mol. The van der Waals surface area contributed by atoms with Crippen molar-refractivity contribution in [3.8, 4) is 28.6 Å². The maximum absolute atomic E-state index is 10.9. The van der Waals surface area contributed by atoms with Gasteiger partial charge in [0.15, 0.2) is 0 Å². The summed E-state index contributed by atoms with van der Waals surface area (Å²) >= 11 is 0. The molecule has 3 aromatic rings. The molecule has 1 fully saturated rings. The molecule has 0 spiro atoms. The number of hydrogen-bond donors (Lipinski definition) is 1. The molecule has 32 heavy (non-hydrogen) atoms. The molecule has 1 atom stereocenters. The number of carboxylic acids is 1. The minimum Gasteiger partial charge on any atom is -0.491 e. The quantitative estimate of drug-likeness (QED) is 0.523. The Morgan fingerprint density at radius 3 is 2.34 bits per heavy atom. The van der Waals surface area contributed by atoms with Crippen LogP contribution in [0, 0.1) is 5.92 Å². The summed E-state index contributed by atoms with van der Waals surface area (Å²) in [5, 5.41) is 13.1. The summed E-state index contributed by atoms with van der Waals surface area (Å²) in [5.74, 6) is 0.862. The highest BCUT2D eigenvalue weighted by Crippen LogP contribution is 2.25. The number of carboxylic acid groups (broad SMARTS) is 1. The third-order valence-corrected chi connectivity index (χ3v) is 5.36. The largest absolute Gasteiger partial charge is 0.491 e. The zero-order valence-corrected chi connectivity index (χ0v) is 19.1. The van der Waals surface area contributed by atoms with Crippen molar-refractivity contribution in [2.24, 2.45) is 5.92 Å². The fraction of sp³-hybridized carbons (Fsp3) is 0.400. The lowest BCUT2D eigenvalue weighted by Crippen LogP contribution is -2.49. The molecule has 0 saturated carbocycles. The molecule has 1 saturated heterocycles. The van der Waals surface area contributed by atoms with Gasteiger partial charge in [-0.2, -0.15) is 4.98 Å². The molecule has 1 aromatic heterocycles. The van der Waals surface area contributed by atoms with Gasteiger partial charge < -0.3 is 14.4 Å². The predicted octanol–water partition coefficient (Wildman–Crippen LogP) is 5.12. The second-order valence-electron chi connectivity index (χ2n) is 7.71. The number of nitrogens with zero attached hydrogens (tertiary/aromatic N) is 3. The number of aromatic nitrogens is 2. The van der Waals surface area contributed by atoms with Gasteiger partial charge in [-0.25, -0.2) is 0 Å². The van der Waals surface area contributed by atoms with E-state index in [-0.39, 0.29) is 12.0 Å². The molecule has 2 heterocycles. The lowest BCUT2D eigenvalue weighted by Gasteiger charge is -2.36. The Labute approximate surface area is 189 Å². The lowest BCUT2D eigenvalue weighted by molar-refractivity contribution is -0.147. The second-order valence-corrected chi connectivity index (χ2v) is 7.71. The maximum atomic E-state index is 10.9. The van der Waals surface area contributed by atoms with Crippen molar-refractivity contribution < 1.29 is 19.2 Å². The SMILES string of the molecule is CC.CC[C@H](C)Oc1ccc(-c2nc(-c3ccc(CN4CC(C(=O)O)C4)cc3)no2)cc1. The van der Waals surface area contributed by atoms with Crippen LogP contribution in [0.25, 0.3) is 22.8 Å². The van der Waals surface area contributed by atoms with E-state index in [0.717, 1.165) is 35.4 Å². The van der Waals surface area contributed by atoms with Crippen molar-refractivity contribution in [3.05, 3.63) is 54.1 Å². The molecule has 0 unspecified atom stereocenters. The average molecular weight is 438 g/mol. The first kappa shape index (κ1) is 23.5. The van der Waals surface area contributed by atoms with Crippen LogP contribution in [0.4, 0.5) is 0 Å². The van der Waals surface area contributed by atoms with Crippen LogP contribution in [-0.4, -0.2) is 45.3 Å². The topological polar surface area (TPSA) is 88.7 Å². The molecule has 1 aliphatic heterocycles. The number of aliphatic carboxylic acids is 1. The Kier molecular flexibility index (Phi) is 8.00. The first-order chi connectivity index (χ1) is 15.5. The molecule has 1 N–H and O–H groups in total. The van der Waals surface area contributed by atoms with Crippen LogP contribution in [-0.2, 0) is 11.3 Å². The van der Waals surface area contributed by atoms with Crippen LogP contribution in [0.2, 0.25) is 0 Å². The van der Waals surface area contributed by atoms with Gasteiger partial charge in [-0.05, 0) is 43.2 Å². The van der Waals surface area contributed by atoms with E-state index in [9.17, 15) is 4.79 Å². The minimum atomic E-state index is -0.716. The van der Waals surface area contributed by atoms with E-state index in [1.165, 1.54) is 0 Å². The summed E-state index contributed by atoms with van der Waals surface area (Å²) in [6.07, 6.45) is 1.13. The van der Waals surface area contributed by atoms with Gasteiger partial charge in [0, 0.05) is 30.8 Å². The Bertz CT molecular complexity index is 993. The third-order valence-electron chi connectivity index (χ3n) is 5.36. The standard InChI is InChI=1S/C23H25N3O4.C2H6/c1-3-15(2)29-20-10-8-18(9-11-20)22-24-21(25-30-22)17-6-4-16(5-7-17)12-26-13-19(14-26)23(27)28;1-2/h4-11,15,19H,3,12-14H2,1-2H3,(H,27,28);1-2H3/t15-;/m0./s1. The summed E-state index contributed by atoms with van der Waals surface area (Å²) < 4.78 is 11.2. The molecule has 4 rings (SSSR count). The zero-order valence-electron chi connectivity index (χ0n) is 19.1. The van der Waals surface area contributed by atoms with E-state index in [0.29, 0.717) is 24.8 Å². The van der Waals surface area contributed by atoms with Crippen LogP contribution in [0.3, 0.4) is 0 Å². The van der Waals surface area contributed by atoms with Gasteiger partial charge in [-0.3, -0.25) is 9.69 Å². The Morgan fingerprint density at radius 1 is 1.12 bits per heavy atom. The maximum Gasteiger partial charge on any atom is 0.309 e. The predicted molar refractivity (Wildman–Crippen MR) is 123 cm³/mol. The van der Waals surface area contributed by atoms with Gasteiger partial charge in [-0.15, -0.1) is 0 Å². The smallest absolute Gasteiger partial charge is 0.309 e. The van der Waals surface area contributed by atoms with E-state index in [1.54, 1.807) is 0 Å². The minimum absolute atomic E-state index is 0.175. The molecule has 1 aliphatic rings. The molecule has 7 nitrogen and oxygen atoms in total. The Hall–Kier alpha value is -3.19. The van der Waals surface area contributed by atoms with Crippen LogP contribution in [0.5, 0.6) is 5.75 Å². The van der Waals surface area contributed by atoms with E-state index >= 15 is 0 Å². The summed E-state index contributed by atoms with van der Waals surface area (Å²) in [4.78, 5) is 17.5. The number of rotatable bonds is 8. The van der Waals surface area contributed by atoms with Gasteiger partial charge in [0.05, 0.1) is 12.0 Å². The van der Waals surface area contributed by atoms with E-state index < -0.39 is 5.97 Å². The summed E-state index contributed by atoms with van der Waals surface area (Å²) in [7, 11) is 0. The zero-order chi connectivity index (χ0) is 23.1. The van der Waals surface area contributed by atoms with Crippen LogP contribution in [0.15, 0.2) is 53.1 Å². The van der Waals surface area contributed by atoms with Gasteiger partial charge in [0.1, 0.15) is 5.75 Å². The Morgan fingerprint density at radius 2 is 1.75 bits per heavy atom. The Balaban J connectivity index is 0.00000141. The second kappa shape index (κ2) is 10.9. The van der Waals surface area contributed by atoms with E-state index in [1.807, 2.05) is 69.3 Å². The normalized spacial score (nSPS) is 14.8. The van der Waals surface area contributed by atoms with Crippen molar-refractivity contribution in [1.82, 2.24) is 15.0 Å². The number of likely N-dealkylation sites (tertiary alicyclic amines) is 1. The first-order valence-electron chi connectivity index (χ1n) is 11.2. The highest BCUT2D eigenvalue weighted by atomic mass is 16.5. The molecule has 170 valence electrons. The summed E-state index contributed by atoms with van der Waals surface area (Å²) in [6.45, 7) is 10.1. The van der Waals surface area contributed by atoms with Crippen molar-refractivity contribution in [1.29, 1.82) is 0 Å². The number of carbonyl (C=O) groups is 1. The fourth-order valence-corrected chi connectivity index (χ4v) is 3.32. The fourth-order valence-electron chi connectivity index (χ4n) is 3.32. The van der Waals surface area contributed by atoms with Gasteiger partial charge in [0.25, 0.3) is 5.89 Å². The van der Waals surface area contributed by atoms with Crippen LogP contribution >= 0.6 is 0 Å². The van der Waals surface area contributed by atoms with E-state index in [2.05, 4.69) is 22.0 Å². The number of hydrogen-bond acceptors (Lipinski definition) is 6. The van der Waals surface area contributed by atoms with Gasteiger partial charge >= 0.3 is 5.97 Å².